The van der Waals surface area contributed by atoms with Crippen molar-refractivity contribution in [3.05, 3.63) is 24.0 Å². The fraction of sp³-hybridized carbons (Fsp3) is 0.455. The summed E-state index contributed by atoms with van der Waals surface area (Å²) >= 11 is 5.53. The van der Waals surface area contributed by atoms with Gasteiger partial charge in [-0.2, -0.15) is 0 Å². The Morgan fingerprint density at radius 2 is 2.33 bits per heavy atom. The van der Waals surface area contributed by atoms with E-state index in [4.69, 9.17) is 11.6 Å². The third-order valence-corrected chi connectivity index (χ3v) is 2.37. The van der Waals surface area contributed by atoms with Gasteiger partial charge in [0.15, 0.2) is 0 Å². The van der Waals surface area contributed by atoms with E-state index in [2.05, 4.69) is 10.3 Å². The number of pyridine rings is 1. The summed E-state index contributed by atoms with van der Waals surface area (Å²) in [5, 5.41) is 2.82. The average molecular weight is 227 g/mol. The molecule has 1 amide bonds. The predicted octanol–water partition coefficient (Wildman–Crippen LogP) is 2.74. The maximum atomic E-state index is 11.5. The summed E-state index contributed by atoms with van der Waals surface area (Å²) in [4.78, 5) is 15.4. The molecule has 0 radical (unpaired) electrons. The zero-order valence-electron chi connectivity index (χ0n) is 8.79. The molecule has 1 aromatic heterocycles. The molecular weight excluding hydrogens is 212 g/mol. The van der Waals surface area contributed by atoms with Crippen molar-refractivity contribution in [1.82, 2.24) is 4.98 Å². The molecule has 1 aromatic rings. The average Bonchev–Trinajstić information content (AvgIpc) is 2.22. The van der Waals surface area contributed by atoms with Gasteiger partial charge in [0.1, 0.15) is 0 Å². The second-order valence-electron chi connectivity index (χ2n) is 3.38. The van der Waals surface area contributed by atoms with Gasteiger partial charge < -0.3 is 5.32 Å². The van der Waals surface area contributed by atoms with Gasteiger partial charge in [-0.1, -0.05) is 0 Å². The summed E-state index contributed by atoms with van der Waals surface area (Å²) in [6.45, 7) is 1.94. The van der Waals surface area contributed by atoms with Crippen molar-refractivity contribution in [3.8, 4) is 0 Å². The molecule has 1 N–H and O–H groups in total. The highest BCUT2D eigenvalue weighted by Gasteiger charge is 2.03. The molecule has 1 heterocycles. The lowest BCUT2D eigenvalue weighted by molar-refractivity contribution is -0.116. The molecule has 0 aliphatic rings. The minimum absolute atomic E-state index is 0.0243. The molecule has 0 spiro atoms. The molecule has 0 aromatic carbocycles. The normalized spacial score (nSPS) is 10.0. The Morgan fingerprint density at radius 3 is 3.00 bits per heavy atom. The summed E-state index contributed by atoms with van der Waals surface area (Å²) in [7, 11) is 0. The number of nitrogens with one attached hydrogen (secondary N) is 1. The largest absolute Gasteiger partial charge is 0.325 e. The number of halogens is 1. The van der Waals surface area contributed by atoms with Crippen LogP contribution in [-0.2, 0) is 4.79 Å². The van der Waals surface area contributed by atoms with E-state index in [1.54, 1.807) is 12.4 Å². The number of alkyl halides is 1. The molecule has 4 heteroatoms. The summed E-state index contributed by atoms with van der Waals surface area (Å²) in [6.07, 6.45) is 5.59. The van der Waals surface area contributed by atoms with Crippen LogP contribution in [0.25, 0.3) is 0 Å². The van der Waals surface area contributed by atoms with Gasteiger partial charge >= 0.3 is 0 Å². The van der Waals surface area contributed by atoms with Crippen molar-refractivity contribution in [2.24, 2.45) is 0 Å². The number of unbranched alkanes of at least 4 members (excludes halogenated alkanes) is 1. The Balaban J connectivity index is 2.41. The number of amides is 1. The van der Waals surface area contributed by atoms with Gasteiger partial charge in [0.2, 0.25) is 5.91 Å². The quantitative estimate of drug-likeness (QED) is 0.620. The third-order valence-electron chi connectivity index (χ3n) is 2.10. The molecule has 0 atom stereocenters. The Labute approximate surface area is 94.9 Å². The van der Waals surface area contributed by atoms with Gasteiger partial charge in [-0.3, -0.25) is 9.78 Å². The van der Waals surface area contributed by atoms with Crippen molar-refractivity contribution < 1.29 is 4.79 Å². The molecule has 0 aliphatic carbocycles. The summed E-state index contributed by atoms with van der Waals surface area (Å²) in [6, 6.07) is 1.87. The van der Waals surface area contributed by atoms with Crippen molar-refractivity contribution in [2.45, 2.75) is 26.2 Å². The minimum atomic E-state index is 0.0243. The van der Waals surface area contributed by atoms with E-state index in [0.717, 1.165) is 24.1 Å². The number of aromatic nitrogens is 1. The van der Waals surface area contributed by atoms with Crippen LogP contribution in [0.4, 0.5) is 5.69 Å². The molecule has 0 fully saturated rings. The number of nitrogens with zero attached hydrogens (tertiary/aromatic N) is 1. The van der Waals surface area contributed by atoms with Crippen LogP contribution in [0, 0.1) is 6.92 Å². The van der Waals surface area contributed by atoms with E-state index in [0.29, 0.717) is 12.3 Å². The van der Waals surface area contributed by atoms with Crippen LogP contribution in [0.15, 0.2) is 18.5 Å². The summed E-state index contributed by atoms with van der Waals surface area (Å²) in [5.41, 5.74) is 1.81. The molecular formula is C11H15ClN2O. The topological polar surface area (TPSA) is 42.0 Å². The molecule has 15 heavy (non-hydrogen) atoms. The lowest BCUT2D eigenvalue weighted by Gasteiger charge is -2.06. The first-order valence-corrected chi connectivity index (χ1v) is 5.54. The summed E-state index contributed by atoms with van der Waals surface area (Å²) in [5.74, 6) is 0.635. The third kappa shape index (κ3) is 4.30. The van der Waals surface area contributed by atoms with E-state index in [1.807, 2.05) is 13.0 Å². The number of hydrogen-bond acceptors (Lipinski definition) is 2. The smallest absolute Gasteiger partial charge is 0.224 e. The SMILES string of the molecule is Cc1ccncc1NC(=O)CCCCCl. The van der Waals surface area contributed by atoms with Crippen LogP contribution in [0.2, 0.25) is 0 Å². The van der Waals surface area contributed by atoms with Crippen LogP contribution in [0.5, 0.6) is 0 Å². The number of anilines is 1. The van der Waals surface area contributed by atoms with Gasteiger partial charge in [0, 0.05) is 18.5 Å². The number of carbonyl (C=O) groups is 1. The van der Waals surface area contributed by atoms with Gasteiger partial charge in [-0.15, -0.1) is 11.6 Å². The fourth-order valence-corrected chi connectivity index (χ4v) is 1.38. The first-order valence-electron chi connectivity index (χ1n) is 5.00. The summed E-state index contributed by atoms with van der Waals surface area (Å²) < 4.78 is 0. The number of carbonyl (C=O) groups excluding carboxylic acids is 1. The first-order chi connectivity index (χ1) is 7.24. The maximum absolute atomic E-state index is 11.5. The zero-order chi connectivity index (χ0) is 11.1. The Bertz CT molecular complexity index is 328. The zero-order valence-corrected chi connectivity index (χ0v) is 9.55. The van der Waals surface area contributed by atoms with Gasteiger partial charge in [-0.05, 0) is 31.4 Å². The first kappa shape index (κ1) is 12.0. The maximum Gasteiger partial charge on any atom is 0.224 e. The molecule has 0 saturated carbocycles. The van der Waals surface area contributed by atoms with Gasteiger partial charge in [0.25, 0.3) is 0 Å². The van der Waals surface area contributed by atoms with Crippen LogP contribution < -0.4 is 5.32 Å². The van der Waals surface area contributed by atoms with Crippen molar-refractivity contribution >= 4 is 23.2 Å². The molecule has 0 bridgehead atoms. The standard InChI is InChI=1S/C11H15ClN2O/c1-9-5-7-13-8-10(9)14-11(15)4-2-3-6-12/h5,7-8H,2-4,6H2,1H3,(H,14,15). The molecule has 0 saturated heterocycles. The highest BCUT2D eigenvalue weighted by molar-refractivity contribution is 6.17. The Hall–Kier alpha value is -1.09. The lowest BCUT2D eigenvalue weighted by Crippen LogP contribution is -2.12. The predicted molar refractivity (Wildman–Crippen MR) is 62.2 cm³/mol. The van der Waals surface area contributed by atoms with E-state index in [-0.39, 0.29) is 5.91 Å². The molecule has 0 aliphatic heterocycles. The van der Waals surface area contributed by atoms with Crippen molar-refractivity contribution in [2.75, 3.05) is 11.2 Å². The lowest BCUT2D eigenvalue weighted by atomic mass is 10.2. The van der Waals surface area contributed by atoms with E-state index < -0.39 is 0 Å². The van der Waals surface area contributed by atoms with Crippen LogP contribution in [0.3, 0.4) is 0 Å². The van der Waals surface area contributed by atoms with E-state index in [1.165, 1.54) is 0 Å². The van der Waals surface area contributed by atoms with Crippen molar-refractivity contribution in [3.63, 3.8) is 0 Å². The number of rotatable bonds is 5. The minimum Gasteiger partial charge on any atom is -0.325 e. The van der Waals surface area contributed by atoms with E-state index in [9.17, 15) is 4.79 Å². The Kier molecular flexibility index (Phi) is 5.12. The highest BCUT2D eigenvalue weighted by atomic mass is 35.5. The second-order valence-corrected chi connectivity index (χ2v) is 3.76. The molecule has 3 nitrogen and oxygen atoms in total. The molecule has 0 unspecified atom stereocenters. The highest BCUT2D eigenvalue weighted by Crippen LogP contribution is 2.12. The van der Waals surface area contributed by atoms with Crippen molar-refractivity contribution in [1.29, 1.82) is 0 Å². The molecule has 82 valence electrons. The molecule has 1 rings (SSSR count). The monoisotopic (exact) mass is 226 g/mol. The second kappa shape index (κ2) is 6.40. The Morgan fingerprint density at radius 1 is 1.53 bits per heavy atom. The fourth-order valence-electron chi connectivity index (χ4n) is 1.19. The van der Waals surface area contributed by atoms with Crippen LogP contribution >= 0.6 is 11.6 Å². The number of aryl methyl sites for hydroxylation is 1. The van der Waals surface area contributed by atoms with Crippen LogP contribution in [-0.4, -0.2) is 16.8 Å². The van der Waals surface area contributed by atoms with E-state index >= 15 is 0 Å². The number of hydrogen-bond donors (Lipinski definition) is 1. The van der Waals surface area contributed by atoms with Gasteiger partial charge in [0.05, 0.1) is 11.9 Å². The van der Waals surface area contributed by atoms with Crippen LogP contribution in [0.1, 0.15) is 24.8 Å². The van der Waals surface area contributed by atoms with Gasteiger partial charge in [-0.25, -0.2) is 0 Å².